The van der Waals surface area contributed by atoms with E-state index >= 15 is 0 Å². The molecular weight excluding hydrogens is 379 g/mol. The summed E-state index contributed by atoms with van der Waals surface area (Å²) in [6.07, 6.45) is 16.8. The summed E-state index contributed by atoms with van der Waals surface area (Å²) in [5.74, 6) is 2.97. The largest absolute Gasteiger partial charge is 0.251 e. The lowest BCUT2D eigenvalue weighted by Crippen LogP contribution is -2.13. The van der Waals surface area contributed by atoms with Gasteiger partial charge in [-0.2, -0.15) is 0 Å². The number of hydrogen-bond donors (Lipinski definition) is 0. The summed E-state index contributed by atoms with van der Waals surface area (Å²) in [7, 11) is 0. The van der Waals surface area contributed by atoms with Gasteiger partial charge < -0.3 is 0 Å². The zero-order valence-electron chi connectivity index (χ0n) is 19.2. The zero-order valence-corrected chi connectivity index (χ0v) is 19.2. The molecule has 0 amide bonds. The van der Waals surface area contributed by atoms with Crippen LogP contribution in [0.1, 0.15) is 94.1 Å². The molecule has 2 aromatic rings. The third-order valence-electron chi connectivity index (χ3n) is 7.93. The van der Waals surface area contributed by atoms with Crippen LogP contribution in [0.25, 0.3) is 11.1 Å². The quantitative estimate of drug-likeness (QED) is 0.393. The average molecular weight is 419 g/mol. The first kappa shape index (κ1) is 22.3. The number of alkyl halides is 1. The van der Waals surface area contributed by atoms with Gasteiger partial charge in [-0.3, -0.25) is 4.39 Å². The number of hydrogen-bond acceptors (Lipinski definition) is 0. The SMILES string of the molecule is C/C=C/[C@H]1CC[C@H](c2ccc(-c3ccc(C4CCC(CCCF)CC4)cc3)cc2)CC1. The Morgan fingerprint density at radius 3 is 1.65 bits per heavy atom. The minimum absolute atomic E-state index is 0.153. The maximum Gasteiger partial charge on any atom is 0.0894 e. The first-order chi connectivity index (χ1) is 15.3. The lowest BCUT2D eigenvalue weighted by atomic mass is 9.77. The molecule has 4 rings (SSSR count). The third-order valence-corrected chi connectivity index (χ3v) is 7.93. The van der Waals surface area contributed by atoms with E-state index in [9.17, 15) is 4.39 Å². The van der Waals surface area contributed by atoms with E-state index in [1.165, 1.54) is 73.6 Å². The van der Waals surface area contributed by atoms with E-state index < -0.39 is 0 Å². The van der Waals surface area contributed by atoms with Gasteiger partial charge in [0.15, 0.2) is 0 Å². The predicted molar refractivity (Wildman–Crippen MR) is 131 cm³/mol. The van der Waals surface area contributed by atoms with E-state index in [0.717, 1.165) is 30.6 Å². The van der Waals surface area contributed by atoms with Crippen LogP contribution in [0.5, 0.6) is 0 Å². The van der Waals surface area contributed by atoms with E-state index in [-0.39, 0.29) is 6.67 Å². The molecule has 0 unspecified atom stereocenters. The number of rotatable bonds is 7. The lowest BCUT2D eigenvalue weighted by molar-refractivity contribution is 0.293. The monoisotopic (exact) mass is 418 g/mol. The minimum Gasteiger partial charge on any atom is -0.251 e. The van der Waals surface area contributed by atoms with Gasteiger partial charge in [-0.1, -0.05) is 60.7 Å². The molecule has 0 bridgehead atoms. The van der Waals surface area contributed by atoms with E-state index in [1.807, 2.05) is 0 Å². The van der Waals surface area contributed by atoms with Crippen LogP contribution in [-0.4, -0.2) is 6.67 Å². The molecule has 2 aliphatic carbocycles. The van der Waals surface area contributed by atoms with Crippen molar-refractivity contribution in [1.82, 2.24) is 0 Å². The molecular formula is C30H39F. The summed E-state index contributed by atoms with van der Waals surface area (Å²) >= 11 is 0. The third kappa shape index (κ3) is 5.88. The molecule has 0 aliphatic heterocycles. The first-order valence-electron chi connectivity index (χ1n) is 12.7. The maximum absolute atomic E-state index is 12.4. The Morgan fingerprint density at radius 1 is 0.710 bits per heavy atom. The second kappa shape index (κ2) is 11.1. The fourth-order valence-electron chi connectivity index (χ4n) is 5.96. The fourth-order valence-corrected chi connectivity index (χ4v) is 5.96. The second-order valence-electron chi connectivity index (χ2n) is 9.93. The second-order valence-corrected chi connectivity index (χ2v) is 9.93. The molecule has 2 fully saturated rings. The summed E-state index contributed by atoms with van der Waals surface area (Å²) in [5, 5.41) is 0. The van der Waals surface area contributed by atoms with Crippen LogP contribution in [0.15, 0.2) is 60.7 Å². The summed E-state index contributed by atoms with van der Waals surface area (Å²) in [6.45, 7) is 1.99. The van der Waals surface area contributed by atoms with Crippen LogP contribution in [-0.2, 0) is 0 Å². The van der Waals surface area contributed by atoms with Crippen molar-refractivity contribution in [1.29, 1.82) is 0 Å². The molecule has 0 spiro atoms. The molecule has 0 radical (unpaired) electrons. The molecule has 0 nitrogen and oxygen atoms in total. The van der Waals surface area contributed by atoms with Gasteiger partial charge in [0.05, 0.1) is 6.67 Å². The highest BCUT2D eigenvalue weighted by atomic mass is 19.1. The molecule has 0 saturated heterocycles. The zero-order chi connectivity index (χ0) is 21.5. The molecule has 1 heteroatoms. The van der Waals surface area contributed by atoms with Crippen LogP contribution in [0.3, 0.4) is 0 Å². The Kier molecular flexibility index (Phi) is 8.00. The highest BCUT2D eigenvalue weighted by molar-refractivity contribution is 5.64. The van der Waals surface area contributed by atoms with Gasteiger partial charge in [-0.15, -0.1) is 0 Å². The van der Waals surface area contributed by atoms with Crippen molar-refractivity contribution in [2.24, 2.45) is 11.8 Å². The molecule has 2 saturated carbocycles. The van der Waals surface area contributed by atoms with Crippen LogP contribution in [0.4, 0.5) is 4.39 Å². The summed E-state index contributed by atoms with van der Waals surface area (Å²) in [6, 6.07) is 18.7. The van der Waals surface area contributed by atoms with E-state index in [4.69, 9.17) is 0 Å². The van der Waals surface area contributed by atoms with E-state index in [1.54, 1.807) is 0 Å². The van der Waals surface area contributed by atoms with Gasteiger partial charge in [0, 0.05) is 0 Å². The maximum atomic E-state index is 12.4. The molecule has 2 aliphatic rings. The van der Waals surface area contributed by atoms with Crippen molar-refractivity contribution < 1.29 is 4.39 Å². The van der Waals surface area contributed by atoms with Gasteiger partial charge in [0.2, 0.25) is 0 Å². The summed E-state index contributed by atoms with van der Waals surface area (Å²) in [5.41, 5.74) is 5.66. The average Bonchev–Trinajstić information content (AvgIpc) is 2.84. The van der Waals surface area contributed by atoms with Crippen molar-refractivity contribution in [2.75, 3.05) is 6.67 Å². The molecule has 0 atom stereocenters. The van der Waals surface area contributed by atoms with Gasteiger partial charge >= 0.3 is 0 Å². The first-order valence-corrected chi connectivity index (χ1v) is 12.7. The molecule has 0 heterocycles. The van der Waals surface area contributed by atoms with Crippen molar-refractivity contribution in [2.45, 2.75) is 83.0 Å². The fraction of sp³-hybridized carbons (Fsp3) is 0.533. The molecule has 0 N–H and O–H groups in total. The Balaban J connectivity index is 1.32. The lowest BCUT2D eigenvalue weighted by Gasteiger charge is -2.28. The molecule has 0 aromatic heterocycles. The van der Waals surface area contributed by atoms with Crippen molar-refractivity contribution in [3.05, 3.63) is 71.8 Å². The smallest absolute Gasteiger partial charge is 0.0894 e. The topological polar surface area (TPSA) is 0 Å². The highest BCUT2D eigenvalue weighted by Gasteiger charge is 2.22. The predicted octanol–water partition coefficient (Wildman–Crippen LogP) is 9.23. The van der Waals surface area contributed by atoms with Crippen molar-refractivity contribution in [3.8, 4) is 11.1 Å². The Labute approximate surface area is 189 Å². The summed E-state index contributed by atoms with van der Waals surface area (Å²) in [4.78, 5) is 0. The van der Waals surface area contributed by atoms with Gasteiger partial charge in [-0.25, -0.2) is 0 Å². The van der Waals surface area contributed by atoms with E-state index in [0.29, 0.717) is 5.92 Å². The van der Waals surface area contributed by atoms with Crippen LogP contribution >= 0.6 is 0 Å². The van der Waals surface area contributed by atoms with Gasteiger partial charge in [0.25, 0.3) is 0 Å². The van der Waals surface area contributed by atoms with E-state index in [2.05, 4.69) is 67.6 Å². The Morgan fingerprint density at radius 2 is 1.19 bits per heavy atom. The van der Waals surface area contributed by atoms with Crippen LogP contribution in [0, 0.1) is 11.8 Å². The van der Waals surface area contributed by atoms with Crippen LogP contribution in [0.2, 0.25) is 0 Å². The molecule has 166 valence electrons. The number of benzene rings is 2. The van der Waals surface area contributed by atoms with Crippen LogP contribution < -0.4 is 0 Å². The Hall–Kier alpha value is -1.89. The standard InChI is InChI=1S/C30H39F/c1-2-4-23-6-10-25(11-7-23)27-14-18-29(19-15-27)30-20-16-28(17-21-30)26-12-8-24(9-13-26)5-3-22-31/h2,4,14-21,23-26H,3,5-13,22H2,1H3/b4-2+/t23-,24?,25-,26?. The van der Waals surface area contributed by atoms with Gasteiger partial charge in [0.1, 0.15) is 0 Å². The number of halogens is 1. The summed E-state index contributed by atoms with van der Waals surface area (Å²) < 4.78 is 12.4. The number of allylic oxidation sites excluding steroid dienone is 2. The Bertz CT molecular complexity index is 800. The van der Waals surface area contributed by atoms with Crippen molar-refractivity contribution >= 4 is 0 Å². The normalized spacial score (nSPS) is 26.9. The minimum atomic E-state index is -0.153. The molecule has 2 aromatic carbocycles. The highest BCUT2D eigenvalue weighted by Crippen LogP contribution is 2.39. The van der Waals surface area contributed by atoms with Gasteiger partial charge in [-0.05, 0) is 117 Å². The molecule has 31 heavy (non-hydrogen) atoms. The van der Waals surface area contributed by atoms with Crippen molar-refractivity contribution in [3.63, 3.8) is 0 Å².